The highest BCUT2D eigenvalue weighted by Crippen LogP contribution is 2.26. The van der Waals surface area contributed by atoms with Gasteiger partial charge in [-0.15, -0.1) is 0 Å². The Morgan fingerprint density at radius 2 is 2.00 bits per heavy atom. The average Bonchev–Trinajstić information content (AvgIpc) is 2.98. The summed E-state index contributed by atoms with van der Waals surface area (Å²) < 4.78 is 5.29. The molecule has 0 radical (unpaired) electrons. The lowest BCUT2D eigenvalue weighted by Gasteiger charge is -1.98. The van der Waals surface area contributed by atoms with Crippen molar-refractivity contribution in [3.05, 3.63) is 54.1 Å². The maximum absolute atomic E-state index is 10.3. The zero-order valence-corrected chi connectivity index (χ0v) is 11.3. The number of aliphatic imine (C=N–C) groups is 1. The molecule has 0 fully saturated rings. The molecule has 0 unspecified atom stereocenters. The lowest BCUT2D eigenvalue weighted by Crippen LogP contribution is -1.84. The van der Waals surface area contributed by atoms with Crippen molar-refractivity contribution < 1.29 is 9.32 Å². The minimum atomic E-state index is 0.385. The van der Waals surface area contributed by atoms with Crippen LogP contribution in [0.3, 0.4) is 0 Å². The molecular weight excluding hydrogens is 266 g/mol. The van der Waals surface area contributed by atoms with Gasteiger partial charge in [-0.05, 0) is 30.7 Å². The summed E-state index contributed by atoms with van der Waals surface area (Å²) in [6, 6.07) is 14.8. The topological polar surface area (TPSA) is 68.3 Å². The van der Waals surface area contributed by atoms with Crippen LogP contribution >= 0.6 is 0 Å². The monoisotopic (exact) mass is 277 g/mol. The van der Waals surface area contributed by atoms with E-state index in [9.17, 15) is 4.79 Å². The van der Waals surface area contributed by atoms with Gasteiger partial charge in [0.2, 0.25) is 11.9 Å². The molecule has 21 heavy (non-hydrogen) atoms. The number of aryl methyl sites for hydroxylation is 1. The van der Waals surface area contributed by atoms with Crippen LogP contribution in [0.2, 0.25) is 0 Å². The van der Waals surface area contributed by atoms with Crippen molar-refractivity contribution in [3.8, 4) is 22.8 Å². The molecule has 0 N–H and O–H groups in total. The van der Waals surface area contributed by atoms with Crippen LogP contribution in [-0.2, 0) is 4.79 Å². The molecule has 1 heterocycles. The highest BCUT2D eigenvalue weighted by Gasteiger charge is 2.12. The Balaban J connectivity index is 2.01. The first-order chi connectivity index (χ1) is 10.3. The van der Waals surface area contributed by atoms with Crippen molar-refractivity contribution in [3.63, 3.8) is 0 Å². The highest BCUT2D eigenvalue weighted by atomic mass is 16.5. The molecule has 1 aromatic heterocycles. The van der Waals surface area contributed by atoms with E-state index in [0.717, 1.165) is 11.1 Å². The van der Waals surface area contributed by atoms with Crippen LogP contribution in [-0.4, -0.2) is 16.2 Å². The molecule has 0 aliphatic rings. The molecule has 0 saturated carbocycles. The number of nitrogens with zero attached hydrogens (tertiary/aromatic N) is 3. The molecule has 0 atom stereocenters. The first-order valence-electron chi connectivity index (χ1n) is 6.36. The molecular formula is C16H11N3O2. The lowest BCUT2D eigenvalue weighted by atomic mass is 10.1. The van der Waals surface area contributed by atoms with Gasteiger partial charge in [-0.2, -0.15) is 9.98 Å². The van der Waals surface area contributed by atoms with Crippen LogP contribution in [0.15, 0.2) is 58.0 Å². The molecule has 5 nitrogen and oxygen atoms in total. The second kappa shape index (κ2) is 5.53. The first-order valence-corrected chi connectivity index (χ1v) is 6.36. The molecule has 0 amide bonds. The Morgan fingerprint density at radius 1 is 1.14 bits per heavy atom. The maximum atomic E-state index is 10.3. The number of carbonyl (C=O) groups excluding carboxylic acids is 1. The molecule has 3 aromatic rings. The smallest absolute Gasteiger partial charge is 0.258 e. The van der Waals surface area contributed by atoms with Gasteiger partial charge in [0.25, 0.3) is 5.89 Å². The number of aromatic nitrogens is 2. The van der Waals surface area contributed by atoms with E-state index in [2.05, 4.69) is 15.1 Å². The molecule has 2 aromatic carbocycles. The Kier molecular flexibility index (Phi) is 3.41. The minimum Gasteiger partial charge on any atom is -0.334 e. The van der Waals surface area contributed by atoms with Crippen molar-refractivity contribution in [2.75, 3.05) is 0 Å². The van der Waals surface area contributed by atoms with Gasteiger partial charge in [-0.3, -0.25) is 0 Å². The summed E-state index contributed by atoms with van der Waals surface area (Å²) in [4.78, 5) is 18.3. The van der Waals surface area contributed by atoms with Crippen molar-refractivity contribution in [2.45, 2.75) is 6.92 Å². The third-order valence-corrected chi connectivity index (χ3v) is 3.08. The second-order valence-corrected chi connectivity index (χ2v) is 4.49. The van der Waals surface area contributed by atoms with E-state index >= 15 is 0 Å². The van der Waals surface area contributed by atoms with E-state index in [1.54, 1.807) is 18.2 Å². The standard InChI is InChI=1S/C16H11N3O2/c1-11-5-2-3-8-14(11)15-18-16(21-19-15)12-6-4-7-13(9-12)17-10-20/h2-9H,1H3. The predicted octanol–water partition coefficient (Wildman–Crippen LogP) is 3.68. The van der Waals surface area contributed by atoms with Crippen LogP contribution in [0.25, 0.3) is 22.8 Å². The summed E-state index contributed by atoms with van der Waals surface area (Å²) in [6.07, 6.45) is 1.51. The quantitative estimate of drug-likeness (QED) is 0.541. The van der Waals surface area contributed by atoms with Crippen LogP contribution in [0.5, 0.6) is 0 Å². The summed E-state index contributed by atoms with van der Waals surface area (Å²) >= 11 is 0. The van der Waals surface area contributed by atoms with Gasteiger partial charge in [0.15, 0.2) is 0 Å². The van der Waals surface area contributed by atoms with E-state index in [0.29, 0.717) is 23.0 Å². The van der Waals surface area contributed by atoms with E-state index < -0.39 is 0 Å². The lowest BCUT2D eigenvalue weighted by molar-refractivity contribution is 0.432. The van der Waals surface area contributed by atoms with Crippen LogP contribution in [0, 0.1) is 6.92 Å². The molecule has 0 saturated heterocycles. The first kappa shape index (κ1) is 13.0. The number of hydrogen-bond donors (Lipinski definition) is 0. The zero-order chi connectivity index (χ0) is 14.7. The van der Waals surface area contributed by atoms with Crippen molar-refractivity contribution in [1.82, 2.24) is 10.1 Å². The summed E-state index contributed by atoms with van der Waals surface area (Å²) in [6.45, 7) is 1.99. The molecule has 3 rings (SSSR count). The van der Waals surface area contributed by atoms with Crippen LogP contribution < -0.4 is 0 Å². The maximum Gasteiger partial charge on any atom is 0.258 e. The van der Waals surface area contributed by atoms with E-state index in [1.807, 2.05) is 37.3 Å². The van der Waals surface area contributed by atoms with Gasteiger partial charge in [-0.25, -0.2) is 4.79 Å². The molecule has 0 spiro atoms. The number of benzene rings is 2. The van der Waals surface area contributed by atoms with Crippen LogP contribution in [0.1, 0.15) is 5.56 Å². The summed E-state index contributed by atoms with van der Waals surface area (Å²) in [7, 11) is 0. The van der Waals surface area contributed by atoms with E-state index in [-0.39, 0.29) is 0 Å². The third kappa shape index (κ3) is 2.63. The Hall–Kier alpha value is -3.04. The fourth-order valence-corrected chi connectivity index (χ4v) is 2.04. The van der Waals surface area contributed by atoms with Crippen molar-refractivity contribution >= 4 is 11.8 Å². The summed E-state index contributed by atoms with van der Waals surface area (Å²) in [5.74, 6) is 0.920. The van der Waals surface area contributed by atoms with Gasteiger partial charge in [0.1, 0.15) is 0 Å². The molecule has 0 aliphatic heterocycles. The van der Waals surface area contributed by atoms with E-state index in [4.69, 9.17) is 4.52 Å². The summed E-state index contributed by atoms with van der Waals surface area (Å²) in [5.41, 5.74) is 3.20. The van der Waals surface area contributed by atoms with Gasteiger partial charge >= 0.3 is 0 Å². The molecule has 0 aliphatic carbocycles. The third-order valence-electron chi connectivity index (χ3n) is 3.08. The highest BCUT2D eigenvalue weighted by molar-refractivity contribution is 5.65. The zero-order valence-electron chi connectivity index (χ0n) is 11.3. The van der Waals surface area contributed by atoms with Gasteiger partial charge in [0.05, 0.1) is 5.69 Å². The SMILES string of the molecule is Cc1ccccc1-c1noc(-c2cccc(N=C=O)c2)n1. The van der Waals surface area contributed by atoms with Crippen molar-refractivity contribution in [1.29, 1.82) is 0 Å². The Morgan fingerprint density at radius 3 is 2.81 bits per heavy atom. The molecule has 0 bridgehead atoms. The van der Waals surface area contributed by atoms with Gasteiger partial charge in [0, 0.05) is 11.1 Å². The normalized spacial score (nSPS) is 10.1. The largest absolute Gasteiger partial charge is 0.334 e. The van der Waals surface area contributed by atoms with Crippen LogP contribution in [0.4, 0.5) is 5.69 Å². The second-order valence-electron chi connectivity index (χ2n) is 4.49. The predicted molar refractivity (Wildman–Crippen MR) is 77.7 cm³/mol. The fraction of sp³-hybridized carbons (Fsp3) is 0.0625. The number of rotatable bonds is 3. The van der Waals surface area contributed by atoms with Gasteiger partial charge < -0.3 is 4.52 Å². The van der Waals surface area contributed by atoms with Gasteiger partial charge in [-0.1, -0.05) is 35.5 Å². The average molecular weight is 277 g/mol. The minimum absolute atomic E-state index is 0.385. The fourth-order valence-electron chi connectivity index (χ4n) is 2.04. The Bertz CT molecular complexity index is 833. The molecule has 102 valence electrons. The molecule has 5 heteroatoms. The van der Waals surface area contributed by atoms with E-state index in [1.165, 1.54) is 6.08 Å². The number of hydrogen-bond acceptors (Lipinski definition) is 5. The number of isocyanates is 1. The Labute approximate surface area is 121 Å². The summed E-state index contributed by atoms with van der Waals surface area (Å²) in [5, 5.41) is 4.01. The van der Waals surface area contributed by atoms with Crippen molar-refractivity contribution in [2.24, 2.45) is 4.99 Å².